The van der Waals surface area contributed by atoms with E-state index in [0.717, 1.165) is 5.56 Å². The number of amides is 1. The normalized spacial score (nSPS) is 11.4. The Morgan fingerprint density at radius 3 is 2.58 bits per heavy atom. The molecule has 2 rings (SSSR count). The SMILES string of the molecule is Cc1ccc(S(=O)(=O)NCC(=O)N/N=C/c2cccc([N+](=O)[O-])c2)cc1. The predicted molar refractivity (Wildman–Crippen MR) is 95.2 cm³/mol. The van der Waals surface area contributed by atoms with Crippen molar-refractivity contribution < 1.29 is 18.1 Å². The van der Waals surface area contributed by atoms with Gasteiger partial charge in [-0.15, -0.1) is 0 Å². The smallest absolute Gasteiger partial charge is 0.270 e. The van der Waals surface area contributed by atoms with Crippen molar-refractivity contribution >= 4 is 27.8 Å². The minimum Gasteiger partial charge on any atom is -0.272 e. The first kappa shape index (κ1) is 19.2. The van der Waals surface area contributed by atoms with Crippen molar-refractivity contribution in [3.05, 3.63) is 69.8 Å². The van der Waals surface area contributed by atoms with Gasteiger partial charge in [-0.05, 0) is 19.1 Å². The number of sulfonamides is 1. The van der Waals surface area contributed by atoms with E-state index in [1.807, 2.05) is 6.92 Å². The van der Waals surface area contributed by atoms with Gasteiger partial charge in [-0.3, -0.25) is 14.9 Å². The number of nitrogens with one attached hydrogen (secondary N) is 2. The number of hydrazone groups is 1. The van der Waals surface area contributed by atoms with Gasteiger partial charge >= 0.3 is 0 Å². The number of nitrogens with zero attached hydrogens (tertiary/aromatic N) is 2. The van der Waals surface area contributed by atoms with E-state index in [4.69, 9.17) is 0 Å². The third kappa shape index (κ3) is 5.46. The molecule has 0 bridgehead atoms. The van der Waals surface area contributed by atoms with E-state index in [2.05, 4.69) is 15.2 Å². The quantitative estimate of drug-likeness (QED) is 0.428. The zero-order chi connectivity index (χ0) is 19.2. The molecular weight excluding hydrogens is 360 g/mol. The Bertz CT molecular complexity index is 939. The number of carbonyl (C=O) groups excluding carboxylic acids is 1. The van der Waals surface area contributed by atoms with Crippen molar-refractivity contribution in [1.29, 1.82) is 0 Å². The van der Waals surface area contributed by atoms with Crippen LogP contribution in [0.1, 0.15) is 11.1 Å². The Morgan fingerprint density at radius 1 is 1.23 bits per heavy atom. The fourth-order valence-electron chi connectivity index (χ4n) is 1.90. The topological polar surface area (TPSA) is 131 Å². The molecule has 136 valence electrons. The van der Waals surface area contributed by atoms with Gasteiger partial charge in [-0.25, -0.2) is 18.6 Å². The predicted octanol–water partition coefficient (Wildman–Crippen LogP) is 1.33. The maximum atomic E-state index is 12.1. The van der Waals surface area contributed by atoms with E-state index in [1.54, 1.807) is 18.2 Å². The van der Waals surface area contributed by atoms with Crippen molar-refractivity contribution in [3.8, 4) is 0 Å². The molecule has 0 fully saturated rings. The summed E-state index contributed by atoms with van der Waals surface area (Å²) in [6.45, 7) is 1.33. The van der Waals surface area contributed by atoms with Gasteiger partial charge in [-0.2, -0.15) is 5.10 Å². The lowest BCUT2D eigenvalue weighted by atomic mass is 10.2. The van der Waals surface area contributed by atoms with Gasteiger partial charge in [0.05, 0.1) is 22.6 Å². The molecule has 9 nitrogen and oxygen atoms in total. The van der Waals surface area contributed by atoms with Crippen LogP contribution in [0.3, 0.4) is 0 Å². The number of non-ortho nitro benzene ring substituents is 1. The van der Waals surface area contributed by atoms with Crippen LogP contribution in [0.4, 0.5) is 5.69 Å². The summed E-state index contributed by atoms with van der Waals surface area (Å²) in [6, 6.07) is 11.9. The van der Waals surface area contributed by atoms with Gasteiger partial charge in [-0.1, -0.05) is 29.8 Å². The Balaban J connectivity index is 1.90. The molecular formula is C16H16N4O5S. The van der Waals surface area contributed by atoms with Crippen LogP contribution >= 0.6 is 0 Å². The Labute approximate surface area is 149 Å². The van der Waals surface area contributed by atoms with Crippen molar-refractivity contribution in [2.75, 3.05) is 6.54 Å². The molecule has 10 heteroatoms. The third-order valence-electron chi connectivity index (χ3n) is 3.24. The maximum absolute atomic E-state index is 12.1. The summed E-state index contributed by atoms with van der Waals surface area (Å²) in [7, 11) is -3.80. The van der Waals surface area contributed by atoms with Crippen molar-refractivity contribution in [1.82, 2.24) is 10.1 Å². The molecule has 0 aliphatic rings. The number of nitro benzene ring substituents is 1. The highest BCUT2D eigenvalue weighted by Gasteiger charge is 2.14. The van der Waals surface area contributed by atoms with Crippen LogP contribution in [0.25, 0.3) is 0 Å². The highest BCUT2D eigenvalue weighted by Crippen LogP contribution is 2.11. The summed E-state index contributed by atoms with van der Waals surface area (Å²) in [4.78, 5) is 21.9. The van der Waals surface area contributed by atoms with Crippen LogP contribution in [0.2, 0.25) is 0 Å². The summed E-state index contributed by atoms with van der Waals surface area (Å²) in [5.41, 5.74) is 3.37. The van der Waals surface area contributed by atoms with E-state index < -0.39 is 27.4 Å². The van der Waals surface area contributed by atoms with E-state index in [0.29, 0.717) is 5.56 Å². The second-order valence-corrected chi connectivity index (χ2v) is 7.05. The standard InChI is InChI=1S/C16H16N4O5S/c1-12-5-7-15(8-6-12)26(24,25)18-11-16(21)19-17-10-13-3-2-4-14(9-13)20(22)23/h2-10,18H,11H2,1H3,(H,19,21)/b17-10+. The number of nitro groups is 1. The van der Waals surface area contributed by atoms with Gasteiger partial charge in [0.1, 0.15) is 0 Å². The molecule has 0 aliphatic heterocycles. The van der Waals surface area contributed by atoms with Crippen molar-refractivity contribution in [2.45, 2.75) is 11.8 Å². The monoisotopic (exact) mass is 376 g/mol. The number of benzene rings is 2. The highest BCUT2D eigenvalue weighted by atomic mass is 32.2. The molecule has 0 heterocycles. The van der Waals surface area contributed by atoms with Gasteiger partial charge in [0.2, 0.25) is 10.0 Å². The number of hydrogen-bond acceptors (Lipinski definition) is 6. The molecule has 26 heavy (non-hydrogen) atoms. The molecule has 0 unspecified atom stereocenters. The first-order valence-corrected chi connectivity index (χ1v) is 8.89. The van der Waals surface area contributed by atoms with Crippen LogP contribution in [0, 0.1) is 17.0 Å². The van der Waals surface area contributed by atoms with E-state index in [1.165, 1.54) is 36.5 Å². The largest absolute Gasteiger partial charge is 0.272 e. The molecule has 2 N–H and O–H groups in total. The van der Waals surface area contributed by atoms with Crippen molar-refractivity contribution in [3.63, 3.8) is 0 Å². The molecule has 0 saturated heterocycles. The lowest BCUT2D eigenvalue weighted by Crippen LogP contribution is -2.34. The van der Waals surface area contributed by atoms with Gasteiger partial charge in [0.15, 0.2) is 0 Å². The lowest BCUT2D eigenvalue weighted by Gasteiger charge is -2.06. The van der Waals surface area contributed by atoms with Gasteiger partial charge in [0, 0.05) is 17.7 Å². The summed E-state index contributed by atoms with van der Waals surface area (Å²) < 4.78 is 26.3. The molecule has 0 spiro atoms. The van der Waals surface area contributed by atoms with Crippen LogP contribution in [-0.2, 0) is 14.8 Å². The minimum atomic E-state index is -3.80. The zero-order valence-electron chi connectivity index (χ0n) is 13.7. The number of carbonyl (C=O) groups is 1. The number of aryl methyl sites for hydroxylation is 1. The van der Waals surface area contributed by atoms with E-state index >= 15 is 0 Å². The zero-order valence-corrected chi connectivity index (χ0v) is 14.6. The van der Waals surface area contributed by atoms with Crippen LogP contribution in [0.5, 0.6) is 0 Å². The Hall–Kier alpha value is -3.11. The van der Waals surface area contributed by atoms with E-state index in [9.17, 15) is 23.3 Å². The fraction of sp³-hybridized carbons (Fsp3) is 0.125. The average molecular weight is 376 g/mol. The molecule has 0 atom stereocenters. The highest BCUT2D eigenvalue weighted by molar-refractivity contribution is 7.89. The number of hydrogen-bond donors (Lipinski definition) is 2. The lowest BCUT2D eigenvalue weighted by molar-refractivity contribution is -0.384. The molecule has 0 aromatic heterocycles. The summed E-state index contributed by atoms with van der Waals surface area (Å²) >= 11 is 0. The number of rotatable bonds is 7. The maximum Gasteiger partial charge on any atom is 0.270 e. The van der Waals surface area contributed by atoms with Crippen LogP contribution in [-0.4, -0.2) is 32.0 Å². The van der Waals surface area contributed by atoms with E-state index in [-0.39, 0.29) is 10.6 Å². The second kappa shape index (κ2) is 8.32. The van der Waals surface area contributed by atoms with Crippen LogP contribution < -0.4 is 10.1 Å². The second-order valence-electron chi connectivity index (χ2n) is 5.28. The minimum absolute atomic E-state index is 0.0518. The molecule has 0 radical (unpaired) electrons. The molecule has 1 amide bonds. The average Bonchev–Trinajstić information content (AvgIpc) is 2.61. The summed E-state index contributed by atoms with van der Waals surface area (Å²) in [5.74, 6) is -0.678. The first-order chi connectivity index (χ1) is 12.3. The van der Waals surface area contributed by atoms with Gasteiger partial charge < -0.3 is 0 Å². The third-order valence-corrected chi connectivity index (χ3v) is 4.66. The Kier molecular flexibility index (Phi) is 6.15. The molecule has 2 aromatic carbocycles. The van der Waals surface area contributed by atoms with Crippen molar-refractivity contribution in [2.24, 2.45) is 5.10 Å². The molecule has 0 aliphatic carbocycles. The Morgan fingerprint density at radius 2 is 1.92 bits per heavy atom. The first-order valence-electron chi connectivity index (χ1n) is 7.40. The molecule has 2 aromatic rings. The van der Waals surface area contributed by atoms with Crippen LogP contribution in [0.15, 0.2) is 58.5 Å². The summed E-state index contributed by atoms with van der Waals surface area (Å²) in [6.07, 6.45) is 1.22. The summed E-state index contributed by atoms with van der Waals surface area (Å²) in [5, 5.41) is 14.3. The van der Waals surface area contributed by atoms with Gasteiger partial charge in [0.25, 0.3) is 11.6 Å². The fourth-order valence-corrected chi connectivity index (χ4v) is 2.88. The molecule has 0 saturated carbocycles.